The van der Waals surface area contributed by atoms with Crippen LogP contribution >= 0.6 is 0 Å². The molecule has 88 valence electrons. The standard InChI is InChI=1S/C8H14F2N2O3/c1-4(2)6(7(13)14)12-8(15)11-3-5(9)10/h4-6H,3H2,1-2H3,(H,13,14)(H2,11,12,15)/t6-/m1/s1. The van der Waals surface area contributed by atoms with E-state index >= 15 is 0 Å². The molecule has 0 unspecified atom stereocenters. The number of alkyl halides is 2. The lowest BCUT2D eigenvalue weighted by Crippen LogP contribution is -2.49. The SMILES string of the molecule is CC(C)[C@@H](NC(=O)NCC(F)F)C(=O)O. The van der Waals surface area contributed by atoms with Crippen molar-refractivity contribution < 1.29 is 23.5 Å². The summed E-state index contributed by atoms with van der Waals surface area (Å²) in [6, 6.07) is -1.99. The van der Waals surface area contributed by atoms with Gasteiger partial charge in [0.2, 0.25) is 0 Å². The first-order valence-corrected chi connectivity index (χ1v) is 4.40. The van der Waals surface area contributed by atoms with Crippen LogP contribution < -0.4 is 10.6 Å². The number of hydrogen-bond donors (Lipinski definition) is 3. The highest BCUT2D eigenvalue weighted by Gasteiger charge is 2.23. The maximum atomic E-state index is 11.7. The molecule has 0 fully saturated rings. The van der Waals surface area contributed by atoms with Crippen molar-refractivity contribution in [2.45, 2.75) is 26.3 Å². The van der Waals surface area contributed by atoms with Crippen LogP contribution in [0.2, 0.25) is 0 Å². The summed E-state index contributed by atoms with van der Waals surface area (Å²) in [6.45, 7) is 2.41. The first-order valence-electron chi connectivity index (χ1n) is 4.40. The number of nitrogens with one attached hydrogen (secondary N) is 2. The third-order valence-corrected chi connectivity index (χ3v) is 1.64. The Morgan fingerprint density at radius 1 is 1.33 bits per heavy atom. The molecule has 0 radical (unpaired) electrons. The molecule has 0 aromatic rings. The van der Waals surface area contributed by atoms with Crippen LogP contribution in [0.4, 0.5) is 13.6 Å². The molecule has 2 amide bonds. The highest BCUT2D eigenvalue weighted by molar-refractivity contribution is 5.82. The molecule has 7 heteroatoms. The smallest absolute Gasteiger partial charge is 0.326 e. The van der Waals surface area contributed by atoms with Gasteiger partial charge < -0.3 is 15.7 Å². The van der Waals surface area contributed by atoms with E-state index in [1.54, 1.807) is 13.8 Å². The Bertz CT molecular complexity index is 234. The summed E-state index contributed by atoms with van der Waals surface area (Å²) in [7, 11) is 0. The van der Waals surface area contributed by atoms with E-state index in [1.165, 1.54) is 0 Å². The minimum atomic E-state index is -2.65. The Kier molecular flexibility index (Phi) is 5.58. The maximum absolute atomic E-state index is 11.7. The van der Waals surface area contributed by atoms with Crippen LogP contribution in [0, 0.1) is 5.92 Å². The Labute approximate surface area is 85.8 Å². The molecule has 0 saturated heterocycles. The van der Waals surface area contributed by atoms with Crippen LogP contribution in [0.25, 0.3) is 0 Å². The second-order valence-electron chi connectivity index (χ2n) is 3.31. The van der Waals surface area contributed by atoms with Gasteiger partial charge in [-0.05, 0) is 5.92 Å². The number of halogens is 2. The van der Waals surface area contributed by atoms with Gasteiger partial charge in [0.25, 0.3) is 6.43 Å². The Hall–Kier alpha value is -1.40. The monoisotopic (exact) mass is 224 g/mol. The number of aliphatic carboxylic acids is 1. The summed E-state index contributed by atoms with van der Waals surface area (Å²) < 4.78 is 23.4. The topological polar surface area (TPSA) is 78.4 Å². The molecule has 0 aromatic carbocycles. The zero-order valence-corrected chi connectivity index (χ0v) is 8.46. The van der Waals surface area contributed by atoms with Gasteiger partial charge in [-0.1, -0.05) is 13.8 Å². The van der Waals surface area contributed by atoms with Crippen LogP contribution in [0.15, 0.2) is 0 Å². The summed E-state index contributed by atoms with van der Waals surface area (Å²) in [4.78, 5) is 21.6. The molecule has 3 N–H and O–H groups in total. The molecule has 0 aliphatic heterocycles. The number of carboxylic acids is 1. The fourth-order valence-corrected chi connectivity index (χ4v) is 0.876. The zero-order chi connectivity index (χ0) is 12.0. The number of carbonyl (C=O) groups is 2. The zero-order valence-electron chi connectivity index (χ0n) is 8.46. The van der Waals surface area contributed by atoms with Crippen LogP contribution in [-0.2, 0) is 4.79 Å². The molecule has 0 heterocycles. The first-order chi connectivity index (χ1) is 6.84. The maximum Gasteiger partial charge on any atom is 0.326 e. The summed E-state index contributed by atoms with van der Waals surface area (Å²) in [5.74, 6) is -1.52. The molecule has 0 rings (SSSR count). The van der Waals surface area contributed by atoms with Crippen molar-refractivity contribution in [3.05, 3.63) is 0 Å². The Balaban J connectivity index is 4.07. The van der Waals surface area contributed by atoms with Gasteiger partial charge in [0, 0.05) is 0 Å². The highest BCUT2D eigenvalue weighted by atomic mass is 19.3. The van der Waals surface area contributed by atoms with Gasteiger partial charge in [0.15, 0.2) is 0 Å². The molecule has 0 aliphatic rings. The van der Waals surface area contributed by atoms with Crippen molar-refractivity contribution >= 4 is 12.0 Å². The van der Waals surface area contributed by atoms with Crippen LogP contribution in [-0.4, -0.2) is 36.1 Å². The van der Waals surface area contributed by atoms with Gasteiger partial charge >= 0.3 is 12.0 Å². The van der Waals surface area contributed by atoms with E-state index in [4.69, 9.17) is 5.11 Å². The molecule has 15 heavy (non-hydrogen) atoms. The first kappa shape index (κ1) is 13.6. The average Bonchev–Trinajstić information content (AvgIpc) is 2.09. The summed E-state index contributed by atoms with van der Waals surface area (Å²) in [6.07, 6.45) is -2.65. The molecule has 0 aliphatic carbocycles. The molecular formula is C8H14F2N2O3. The fraction of sp³-hybridized carbons (Fsp3) is 0.750. The van der Waals surface area contributed by atoms with Gasteiger partial charge in [-0.15, -0.1) is 0 Å². The average molecular weight is 224 g/mol. The van der Waals surface area contributed by atoms with Gasteiger partial charge in [-0.25, -0.2) is 18.4 Å². The summed E-state index contributed by atoms with van der Waals surface area (Å²) >= 11 is 0. The lowest BCUT2D eigenvalue weighted by molar-refractivity contribution is -0.140. The molecule has 0 bridgehead atoms. The lowest BCUT2D eigenvalue weighted by Gasteiger charge is -2.18. The quantitative estimate of drug-likeness (QED) is 0.641. The summed E-state index contributed by atoms with van der Waals surface area (Å²) in [5.41, 5.74) is 0. The number of amides is 2. The number of carbonyl (C=O) groups excluding carboxylic acids is 1. The van der Waals surface area contributed by atoms with Gasteiger partial charge in [-0.3, -0.25) is 0 Å². The molecule has 0 saturated carbocycles. The predicted molar refractivity (Wildman–Crippen MR) is 48.8 cm³/mol. The third-order valence-electron chi connectivity index (χ3n) is 1.64. The number of urea groups is 1. The molecule has 1 atom stereocenters. The second-order valence-corrected chi connectivity index (χ2v) is 3.31. The Morgan fingerprint density at radius 3 is 2.20 bits per heavy atom. The van der Waals surface area contributed by atoms with Crippen molar-refractivity contribution in [2.24, 2.45) is 5.92 Å². The van der Waals surface area contributed by atoms with Crippen LogP contribution in [0.5, 0.6) is 0 Å². The van der Waals surface area contributed by atoms with E-state index in [9.17, 15) is 18.4 Å². The van der Waals surface area contributed by atoms with Crippen LogP contribution in [0.1, 0.15) is 13.8 Å². The number of hydrogen-bond acceptors (Lipinski definition) is 2. The normalized spacial score (nSPS) is 12.7. The minimum absolute atomic E-state index is 0.320. The van der Waals surface area contributed by atoms with Crippen molar-refractivity contribution in [1.29, 1.82) is 0 Å². The van der Waals surface area contributed by atoms with E-state index in [-0.39, 0.29) is 5.92 Å². The van der Waals surface area contributed by atoms with E-state index in [1.807, 2.05) is 5.32 Å². The van der Waals surface area contributed by atoms with Crippen LogP contribution in [0.3, 0.4) is 0 Å². The van der Waals surface area contributed by atoms with Gasteiger partial charge in [0.1, 0.15) is 6.04 Å². The molecule has 0 aromatic heterocycles. The van der Waals surface area contributed by atoms with E-state index in [0.717, 1.165) is 0 Å². The second kappa shape index (κ2) is 6.15. The third kappa shape index (κ3) is 5.82. The van der Waals surface area contributed by atoms with E-state index in [2.05, 4.69) is 5.32 Å². The molecular weight excluding hydrogens is 210 g/mol. The van der Waals surface area contributed by atoms with E-state index < -0.39 is 31.0 Å². The van der Waals surface area contributed by atoms with Crippen molar-refractivity contribution in [2.75, 3.05) is 6.54 Å². The number of rotatable bonds is 5. The predicted octanol–water partition coefficient (Wildman–Crippen LogP) is 0.660. The fourth-order valence-electron chi connectivity index (χ4n) is 0.876. The minimum Gasteiger partial charge on any atom is -0.480 e. The Morgan fingerprint density at radius 2 is 1.87 bits per heavy atom. The van der Waals surface area contributed by atoms with Crippen molar-refractivity contribution in [3.8, 4) is 0 Å². The van der Waals surface area contributed by atoms with Crippen molar-refractivity contribution in [3.63, 3.8) is 0 Å². The lowest BCUT2D eigenvalue weighted by atomic mass is 10.1. The summed E-state index contributed by atoms with van der Waals surface area (Å²) in [5, 5.41) is 12.6. The molecule has 5 nitrogen and oxygen atoms in total. The van der Waals surface area contributed by atoms with Gasteiger partial charge in [-0.2, -0.15) is 0 Å². The van der Waals surface area contributed by atoms with Gasteiger partial charge in [0.05, 0.1) is 6.54 Å². The number of carboxylic acid groups (broad SMARTS) is 1. The van der Waals surface area contributed by atoms with Crippen molar-refractivity contribution in [1.82, 2.24) is 10.6 Å². The highest BCUT2D eigenvalue weighted by Crippen LogP contribution is 2.01. The molecule has 0 spiro atoms. The van der Waals surface area contributed by atoms with E-state index in [0.29, 0.717) is 0 Å². The largest absolute Gasteiger partial charge is 0.480 e.